The minimum absolute atomic E-state index is 0.213. The van der Waals surface area contributed by atoms with Gasteiger partial charge in [0, 0.05) is 35.3 Å². The van der Waals surface area contributed by atoms with Crippen LogP contribution in [0.2, 0.25) is 0 Å². The molecule has 4 heterocycles. The Morgan fingerprint density at radius 1 is 0.949 bits per heavy atom. The normalized spacial score (nSPS) is 12.0. The van der Waals surface area contributed by atoms with Crippen molar-refractivity contribution in [2.45, 2.75) is 20.3 Å². The predicted octanol–water partition coefficient (Wildman–Crippen LogP) is 5.04. The molecule has 0 aliphatic carbocycles. The smallest absolute Gasteiger partial charge is 0.291 e. The van der Waals surface area contributed by atoms with Crippen molar-refractivity contribution in [3.05, 3.63) is 106 Å². The van der Waals surface area contributed by atoms with Gasteiger partial charge in [-0.3, -0.25) is 9.78 Å². The van der Waals surface area contributed by atoms with Crippen LogP contribution in [0.25, 0.3) is 39.4 Å². The largest absolute Gasteiger partial charge is 0.494 e. The zero-order chi connectivity index (χ0) is 26.8. The third-order valence-electron chi connectivity index (χ3n) is 6.26. The monoisotopic (exact) mass is 534 g/mol. The summed E-state index contributed by atoms with van der Waals surface area (Å²) in [6, 6.07) is 21.5. The van der Waals surface area contributed by atoms with Crippen LogP contribution in [-0.2, 0) is 0 Å². The number of para-hydroxylation sites is 1. The highest BCUT2D eigenvalue weighted by atomic mass is 32.1. The van der Waals surface area contributed by atoms with Crippen molar-refractivity contribution in [2.75, 3.05) is 6.61 Å². The van der Waals surface area contributed by atoms with Gasteiger partial charge in [0.25, 0.3) is 5.56 Å². The summed E-state index contributed by atoms with van der Waals surface area (Å²) in [6.45, 7) is 5.05. The van der Waals surface area contributed by atoms with Crippen LogP contribution in [0.15, 0.2) is 90.1 Å². The zero-order valence-electron chi connectivity index (χ0n) is 21.6. The lowest BCUT2D eigenvalue weighted by atomic mass is 10.1. The lowest BCUT2D eigenvalue weighted by Gasteiger charge is -2.08. The summed E-state index contributed by atoms with van der Waals surface area (Å²) in [4.78, 5) is 22.4. The van der Waals surface area contributed by atoms with Gasteiger partial charge in [0.2, 0.25) is 4.96 Å². The van der Waals surface area contributed by atoms with Gasteiger partial charge in [0.05, 0.1) is 16.8 Å². The summed E-state index contributed by atoms with van der Waals surface area (Å²) < 4.78 is 9.62. The van der Waals surface area contributed by atoms with E-state index in [-0.39, 0.29) is 5.56 Å². The van der Waals surface area contributed by atoms with E-state index >= 15 is 0 Å². The second-order valence-corrected chi connectivity index (χ2v) is 10.6. The number of nitrogens with zero attached hydrogens (tertiary/aromatic N) is 6. The molecule has 0 amide bonds. The maximum atomic E-state index is 13.3. The van der Waals surface area contributed by atoms with Crippen LogP contribution >= 0.6 is 11.3 Å². The minimum atomic E-state index is -0.213. The van der Waals surface area contributed by atoms with Crippen LogP contribution in [0.5, 0.6) is 5.75 Å². The Morgan fingerprint density at radius 2 is 1.72 bits per heavy atom. The molecule has 6 rings (SSSR count). The number of pyridine rings is 1. The molecule has 2 aromatic carbocycles. The van der Waals surface area contributed by atoms with Crippen molar-refractivity contribution in [2.24, 2.45) is 5.92 Å². The van der Waals surface area contributed by atoms with Crippen LogP contribution in [0.3, 0.4) is 0 Å². The molecule has 0 aliphatic heterocycles. The van der Waals surface area contributed by atoms with Crippen molar-refractivity contribution >= 4 is 22.4 Å². The first-order valence-electron chi connectivity index (χ1n) is 12.8. The van der Waals surface area contributed by atoms with Crippen LogP contribution in [0, 0.1) is 5.92 Å². The van der Waals surface area contributed by atoms with Crippen molar-refractivity contribution in [1.29, 1.82) is 0 Å². The number of fused-ring (bicyclic) bond motifs is 1. The molecule has 0 spiro atoms. The number of thiazole rings is 1. The first-order valence-corrected chi connectivity index (χ1v) is 13.6. The molecule has 0 saturated heterocycles. The molecular weight excluding hydrogens is 508 g/mol. The maximum absolute atomic E-state index is 13.3. The Bertz CT molecular complexity index is 1820. The maximum Gasteiger partial charge on any atom is 0.291 e. The molecule has 39 heavy (non-hydrogen) atoms. The van der Waals surface area contributed by atoms with E-state index in [9.17, 15) is 4.79 Å². The highest BCUT2D eigenvalue weighted by Crippen LogP contribution is 2.27. The van der Waals surface area contributed by atoms with Crippen molar-refractivity contribution in [3.63, 3.8) is 0 Å². The Labute approximate surface area is 228 Å². The van der Waals surface area contributed by atoms with E-state index in [4.69, 9.17) is 9.84 Å². The van der Waals surface area contributed by atoms with E-state index in [1.165, 1.54) is 15.9 Å². The summed E-state index contributed by atoms with van der Waals surface area (Å²) in [6.07, 6.45) is 8.17. The molecule has 8 nitrogen and oxygen atoms in total. The zero-order valence-corrected chi connectivity index (χ0v) is 22.4. The van der Waals surface area contributed by atoms with Crippen molar-refractivity contribution < 1.29 is 4.74 Å². The number of hydrogen-bond acceptors (Lipinski definition) is 7. The van der Waals surface area contributed by atoms with Gasteiger partial charge >= 0.3 is 0 Å². The number of aromatic nitrogens is 6. The Morgan fingerprint density at radius 3 is 2.44 bits per heavy atom. The first kappa shape index (κ1) is 24.7. The van der Waals surface area contributed by atoms with Crippen molar-refractivity contribution in [1.82, 2.24) is 29.4 Å². The summed E-state index contributed by atoms with van der Waals surface area (Å²) in [5.41, 5.74) is 4.05. The fourth-order valence-corrected chi connectivity index (χ4v) is 5.05. The summed E-state index contributed by atoms with van der Waals surface area (Å²) in [5.74, 6) is 1.91. The van der Waals surface area contributed by atoms with E-state index in [2.05, 4.69) is 28.9 Å². The number of rotatable bonds is 8. The van der Waals surface area contributed by atoms with Crippen LogP contribution in [0.1, 0.15) is 25.8 Å². The molecule has 0 radical (unpaired) electrons. The molecule has 0 saturated carbocycles. The van der Waals surface area contributed by atoms with Gasteiger partial charge in [0.1, 0.15) is 11.4 Å². The molecule has 4 aromatic heterocycles. The quantitative estimate of drug-likeness (QED) is 0.272. The lowest BCUT2D eigenvalue weighted by molar-refractivity contribution is 0.289. The second kappa shape index (κ2) is 10.6. The molecule has 0 fully saturated rings. The summed E-state index contributed by atoms with van der Waals surface area (Å²) in [5, 5.41) is 9.33. The third-order valence-corrected chi connectivity index (χ3v) is 7.22. The van der Waals surface area contributed by atoms with E-state index in [0.717, 1.165) is 40.2 Å². The summed E-state index contributed by atoms with van der Waals surface area (Å²) >= 11 is 1.31. The first-order chi connectivity index (χ1) is 19.0. The van der Waals surface area contributed by atoms with Gasteiger partial charge in [-0.25, -0.2) is 4.68 Å². The Hall–Kier alpha value is -4.63. The predicted molar refractivity (Wildman–Crippen MR) is 153 cm³/mol. The Kier molecular flexibility index (Phi) is 6.73. The van der Waals surface area contributed by atoms with E-state index in [1.54, 1.807) is 12.4 Å². The standard InChI is InChI=1S/C30H26N6O2S/c1-20(2)14-17-38-25-10-8-21(9-11-25)27-23(19-35(33-27)24-6-4-3-5-7-24)18-26-29(37)36-30(39-26)32-28(34-36)22-12-15-31-16-13-22/h3-13,15-16,18-20H,14,17H2,1-2H3. The van der Waals surface area contributed by atoms with E-state index in [1.807, 2.05) is 83.7 Å². The van der Waals surface area contributed by atoms with Gasteiger partial charge < -0.3 is 4.74 Å². The second-order valence-electron chi connectivity index (χ2n) is 9.55. The lowest BCUT2D eigenvalue weighted by Crippen LogP contribution is -2.23. The fourth-order valence-electron chi connectivity index (χ4n) is 4.15. The van der Waals surface area contributed by atoms with E-state index in [0.29, 0.717) is 27.8 Å². The number of hydrogen-bond donors (Lipinski definition) is 0. The molecule has 6 aromatic rings. The molecule has 194 valence electrons. The van der Waals surface area contributed by atoms with Crippen molar-refractivity contribution in [3.8, 4) is 34.1 Å². The number of ether oxygens (including phenoxy) is 1. The highest BCUT2D eigenvalue weighted by molar-refractivity contribution is 7.15. The van der Waals surface area contributed by atoms with Crippen LogP contribution in [-0.4, -0.2) is 36.0 Å². The van der Waals surface area contributed by atoms with Crippen LogP contribution in [0.4, 0.5) is 0 Å². The minimum Gasteiger partial charge on any atom is -0.494 e. The molecule has 0 unspecified atom stereocenters. The van der Waals surface area contributed by atoms with Gasteiger partial charge in [-0.15, -0.1) is 5.10 Å². The van der Waals surface area contributed by atoms with Crippen LogP contribution < -0.4 is 14.8 Å². The molecule has 0 N–H and O–H groups in total. The summed E-state index contributed by atoms with van der Waals surface area (Å²) in [7, 11) is 0. The molecule has 0 atom stereocenters. The van der Waals surface area contributed by atoms with Gasteiger partial charge in [-0.1, -0.05) is 43.4 Å². The van der Waals surface area contributed by atoms with Gasteiger partial charge in [-0.2, -0.15) is 14.6 Å². The topological polar surface area (TPSA) is 87.2 Å². The molecular formula is C30H26N6O2S. The van der Waals surface area contributed by atoms with Gasteiger partial charge in [0.15, 0.2) is 5.82 Å². The van der Waals surface area contributed by atoms with Gasteiger partial charge in [-0.05, 0) is 66.9 Å². The molecule has 0 aliphatic rings. The third kappa shape index (κ3) is 5.21. The highest BCUT2D eigenvalue weighted by Gasteiger charge is 2.15. The fraction of sp³-hybridized carbons (Fsp3) is 0.167. The molecule has 0 bridgehead atoms. The van der Waals surface area contributed by atoms with E-state index < -0.39 is 0 Å². The Balaban J connectivity index is 1.39. The molecule has 9 heteroatoms. The SMILES string of the molecule is CC(C)CCOc1ccc(-c2nn(-c3ccccc3)cc2C=c2sc3nc(-c4ccncc4)nn3c2=O)cc1. The number of benzene rings is 2. The average Bonchev–Trinajstić information content (AvgIpc) is 3.65. The average molecular weight is 535 g/mol.